The lowest BCUT2D eigenvalue weighted by Crippen LogP contribution is -1.68. The molecule has 1 N–H and O–H groups in total. The van der Waals surface area contributed by atoms with Crippen molar-refractivity contribution in [2.45, 2.75) is 0 Å². The van der Waals surface area contributed by atoms with Crippen molar-refractivity contribution >= 4 is 34.1 Å². The van der Waals surface area contributed by atoms with Crippen LogP contribution in [-0.4, -0.2) is 20.6 Å². The van der Waals surface area contributed by atoms with Gasteiger partial charge in [-0.3, -0.25) is 0 Å². The van der Waals surface area contributed by atoms with Crippen molar-refractivity contribution in [2.24, 2.45) is 4.99 Å². The third-order valence-electron chi connectivity index (χ3n) is 1.47. The third-order valence-corrected chi connectivity index (χ3v) is 1.57. The van der Waals surface area contributed by atoms with Crippen LogP contribution >= 0.6 is 12.2 Å². The minimum Gasteiger partial charge on any atom is -0.197 e. The standard InChI is InChI=1S/C7H4N4S/c12-4-8-5-1-2-6-7(3-5)10-11-9-6/h1-3H,(H,9,10,11). The number of nitrogens with one attached hydrogen (secondary N) is 1. The van der Waals surface area contributed by atoms with Gasteiger partial charge in [-0.15, -0.1) is 0 Å². The molecule has 1 aromatic heterocycles. The van der Waals surface area contributed by atoms with Gasteiger partial charge in [-0.1, -0.05) is 0 Å². The topological polar surface area (TPSA) is 53.9 Å². The van der Waals surface area contributed by atoms with Gasteiger partial charge in [0.25, 0.3) is 0 Å². The molecule has 0 bridgehead atoms. The molecule has 0 unspecified atom stereocenters. The maximum Gasteiger partial charge on any atom is 0.115 e. The Bertz CT molecular complexity index is 455. The summed E-state index contributed by atoms with van der Waals surface area (Å²) < 4.78 is 0. The van der Waals surface area contributed by atoms with E-state index < -0.39 is 0 Å². The van der Waals surface area contributed by atoms with Crippen LogP contribution in [0, 0.1) is 0 Å². The number of nitrogens with zero attached hydrogens (tertiary/aromatic N) is 3. The molecule has 0 atom stereocenters. The molecule has 4 nitrogen and oxygen atoms in total. The van der Waals surface area contributed by atoms with Crippen LogP contribution in [0.3, 0.4) is 0 Å². The SMILES string of the molecule is S=C=Nc1ccc2n[nH]nc2c1. The summed E-state index contributed by atoms with van der Waals surface area (Å²) in [5, 5.41) is 12.6. The molecule has 5 heteroatoms. The number of isothiocyanates is 1. The Morgan fingerprint density at radius 1 is 1.33 bits per heavy atom. The van der Waals surface area contributed by atoms with Gasteiger partial charge in [0, 0.05) is 0 Å². The van der Waals surface area contributed by atoms with Gasteiger partial charge in [0.2, 0.25) is 0 Å². The summed E-state index contributed by atoms with van der Waals surface area (Å²) in [7, 11) is 0. The van der Waals surface area contributed by atoms with Crippen molar-refractivity contribution in [3.8, 4) is 0 Å². The fourth-order valence-corrected chi connectivity index (χ4v) is 1.06. The number of aliphatic imine (C=N–C) groups is 1. The summed E-state index contributed by atoms with van der Waals surface area (Å²) in [5.74, 6) is 0. The molecule has 58 valence electrons. The molecular formula is C7H4N4S. The second kappa shape index (κ2) is 2.81. The zero-order valence-corrected chi connectivity index (χ0v) is 6.80. The van der Waals surface area contributed by atoms with Crippen LogP contribution in [0.1, 0.15) is 0 Å². The van der Waals surface area contributed by atoms with Crippen molar-refractivity contribution in [1.29, 1.82) is 0 Å². The van der Waals surface area contributed by atoms with Crippen LogP contribution < -0.4 is 0 Å². The molecule has 0 aliphatic rings. The predicted molar refractivity (Wildman–Crippen MR) is 48.6 cm³/mol. The minimum absolute atomic E-state index is 0.742. The van der Waals surface area contributed by atoms with Crippen molar-refractivity contribution in [2.75, 3.05) is 0 Å². The Morgan fingerprint density at radius 2 is 2.17 bits per heavy atom. The Kier molecular flexibility index (Phi) is 1.66. The summed E-state index contributed by atoms with van der Waals surface area (Å²) in [6.07, 6.45) is 0. The van der Waals surface area contributed by atoms with Crippen LogP contribution in [-0.2, 0) is 0 Å². The smallest absolute Gasteiger partial charge is 0.115 e. The first-order valence-corrected chi connectivity index (χ1v) is 3.69. The van der Waals surface area contributed by atoms with Gasteiger partial charge in [0.05, 0.1) is 10.8 Å². The van der Waals surface area contributed by atoms with Crippen LogP contribution in [0.25, 0.3) is 11.0 Å². The van der Waals surface area contributed by atoms with Crippen LogP contribution in [0.4, 0.5) is 5.69 Å². The molecule has 0 radical (unpaired) electrons. The number of benzene rings is 1. The molecule has 12 heavy (non-hydrogen) atoms. The van der Waals surface area contributed by atoms with Gasteiger partial charge in [0.1, 0.15) is 11.0 Å². The van der Waals surface area contributed by atoms with E-state index in [-0.39, 0.29) is 0 Å². The summed E-state index contributed by atoms with van der Waals surface area (Å²) >= 11 is 4.48. The van der Waals surface area contributed by atoms with Crippen molar-refractivity contribution in [1.82, 2.24) is 15.4 Å². The molecule has 1 heterocycles. The van der Waals surface area contributed by atoms with Gasteiger partial charge in [0.15, 0.2) is 0 Å². The largest absolute Gasteiger partial charge is 0.197 e. The molecule has 0 aliphatic carbocycles. The van der Waals surface area contributed by atoms with E-state index in [2.05, 4.69) is 37.8 Å². The number of hydrogen-bond donors (Lipinski definition) is 1. The highest BCUT2D eigenvalue weighted by atomic mass is 32.1. The van der Waals surface area contributed by atoms with E-state index in [0.29, 0.717) is 0 Å². The Morgan fingerprint density at radius 3 is 3.00 bits per heavy atom. The first-order chi connectivity index (χ1) is 5.90. The second-order valence-electron chi connectivity index (χ2n) is 2.20. The Hall–Kier alpha value is -1.58. The van der Waals surface area contributed by atoms with Crippen LogP contribution in [0.2, 0.25) is 0 Å². The first-order valence-electron chi connectivity index (χ1n) is 3.28. The zero-order chi connectivity index (χ0) is 8.39. The summed E-state index contributed by atoms with van der Waals surface area (Å²) in [5.41, 5.74) is 2.34. The number of H-pyrrole nitrogens is 1. The molecule has 0 fully saturated rings. The summed E-state index contributed by atoms with van der Waals surface area (Å²) in [6.45, 7) is 0. The molecule has 0 spiro atoms. The number of aromatic amines is 1. The lowest BCUT2D eigenvalue weighted by molar-refractivity contribution is 0.959. The molecule has 2 aromatic rings. The molecule has 0 aliphatic heterocycles. The highest BCUT2D eigenvalue weighted by Crippen LogP contribution is 2.16. The first kappa shape index (κ1) is 7.09. The molecule has 0 saturated carbocycles. The number of thiocarbonyl (C=S) groups is 1. The van der Waals surface area contributed by atoms with E-state index >= 15 is 0 Å². The minimum atomic E-state index is 0.742. The van der Waals surface area contributed by atoms with E-state index in [0.717, 1.165) is 16.7 Å². The van der Waals surface area contributed by atoms with Crippen LogP contribution in [0.5, 0.6) is 0 Å². The zero-order valence-electron chi connectivity index (χ0n) is 5.98. The summed E-state index contributed by atoms with van der Waals surface area (Å²) in [4.78, 5) is 3.82. The van der Waals surface area contributed by atoms with Crippen molar-refractivity contribution in [3.63, 3.8) is 0 Å². The van der Waals surface area contributed by atoms with E-state index in [4.69, 9.17) is 0 Å². The fourth-order valence-electron chi connectivity index (χ4n) is 0.951. The molecule has 0 saturated heterocycles. The molecule has 0 amide bonds. The lowest BCUT2D eigenvalue weighted by Gasteiger charge is -1.87. The average Bonchev–Trinajstić information content (AvgIpc) is 2.51. The van der Waals surface area contributed by atoms with E-state index in [1.54, 1.807) is 6.07 Å². The third kappa shape index (κ3) is 1.11. The highest BCUT2D eigenvalue weighted by Gasteiger charge is 1.97. The van der Waals surface area contributed by atoms with Gasteiger partial charge in [-0.05, 0) is 30.4 Å². The van der Waals surface area contributed by atoms with E-state index in [9.17, 15) is 0 Å². The normalized spacial score (nSPS) is 9.67. The molecule has 2 rings (SSSR count). The number of fused-ring (bicyclic) bond motifs is 1. The van der Waals surface area contributed by atoms with Gasteiger partial charge < -0.3 is 0 Å². The van der Waals surface area contributed by atoms with E-state index in [1.807, 2.05) is 12.1 Å². The molecular weight excluding hydrogens is 172 g/mol. The lowest BCUT2D eigenvalue weighted by atomic mass is 10.3. The van der Waals surface area contributed by atoms with Gasteiger partial charge in [-0.25, -0.2) is 0 Å². The number of rotatable bonds is 1. The monoisotopic (exact) mass is 176 g/mol. The predicted octanol–water partition coefficient (Wildman–Crippen LogP) is 1.69. The Balaban J connectivity index is 2.67. The van der Waals surface area contributed by atoms with Crippen LogP contribution in [0.15, 0.2) is 23.2 Å². The van der Waals surface area contributed by atoms with Crippen molar-refractivity contribution in [3.05, 3.63) is 18.2 Å². The second-order valence-corrected chi connectivity index (χ2v) is 2.38. The number of aromatic nitrogens is 3. The quantitative estimate of drug-likeness (QED) is 0.531. The Labute approximate surface area is 73.3 Å². The van der Waals surface area contributed by atoms with Gasteiger partial charge in [-0.2, -0.15) is 20.4 Å². The molecule has 1 aromatic carbocycles. The maximum absolute atomic E-state index is 4.48. The van der Waals surface area contributed by atoms with Crippen molar-refractivity contribution < 1.29 is 0 Å². The summed E-state index contributed by atoms with van der Waals surface area (Å²) in [6, 6.07) is 5.42. The number of hydrogen-bond acceptors (Lipinski definition) is 4. The van der Waals surface area contributed by atoms with Gasteiger partial charge >= 0.3 is 0 Å². The fraction of sp³-hybridized carbons (Fsp3) is 0. The maximum atomic E-state index is 4.48. The van der Waals surface area contributed by atoms with E-state index in [1.165, 1.54) is 0 Å². The average molecular weight is 176 g/mol. The highest BCUT2D eigenvalue weighted by molar-refractivity contribution is 7.78.